The SMILES string of the molecule is COC(=O)C[C@@H]1N=C(c2ccc(-c3cccc4nn(CC(=O)NC(C(=O)N5C[C@H](O)C[C@H]5C(=O)N[C@@H](C)c5ccc(-c6scnc6C)cc5)C(C)(C)C)cc34)cc2)c2c(sc(C)c2C)-n2c(C)nnc21. The number of likely N-dealkylation sites (tertiary alicyclic amines) is 1. The van der Waals surface area contributed by atoms with Crippen molar-refractivity contribution in [3.8, 4) is 26.6 Å². The predicted molar refractivity (Wildman–Crippen MR) is 270 cm³/mol. The number of carbonyl (C=O) groups is 4. The Kier molecular flexibility index (Phi) is 13.2. The Morgan fingerprint density at radius 2 is 1.64 bits per heavy atom. The highest BCUT2D eigenvalue weighted by Gasteiger charge is 2.45. The number of thiazole rings is 1. The second-order valence-electron chi connectivity index (χ2n) is 19.2. The average molecular weight is 981 g/mol. The van der Waals surface area contributed by atoms with Gasteiger partial charge in [0.2, 0.25) is 17.7 Å². The third-order valence-corrected chi connectivity index (χ3v) is 15.4. The molecule has 16 nitrogen and oxygen atoms in total. The second-order valence-corrected chi connectivity index (χ2v) is 21.3. The van der Waals surface area contributed by atoms with E-state index in [1.165, 1.54) is 12.0 Å². The van der Waals surface area contributed by atoms with Gasteiger partial charge in [-0.3, -0.25) is 33.4 Å². The molecule has 7 aromatic rings. The van der Waals surface area contributed by atoms with Crippen LogP contribution in [-0.4, -0.2) is 101 Å². The fraction of sp³-hybridized carbons (Fsp3) is 0.365. The number of rotatable bonds is 12. The maximum absolute atomic E-state index is 14.4. The number of hydrogen-bond donors (Lipinski definition) is 3. The van der Waals surface area contributed by atoms with E-state index in [0.29, 0.717) is 17.2 Å². The van der Waals surface area contributed by atoms with Gasteiger partial charge in [0, 0.05) is 40.6 Å². The molecule has 0 saturated carbocycles. The van der Waals surface area contributed by atoms with Gasteiger partial charge in [-0.05, 0) is 73.9 Å². The highest BCUT2D eigenvalue weighted by Crippen LogP contribution is 2.40. The van der Waals surface area contributed by atoms with Crippen LogP contribution in [0.2, 0.25) is 0 Å². The minimum Gasteiger partial charge on any atom is -0.469 e. The fourth-order valence-corrected chi connectivity index (χ4v) is 11.4. The zero-order valence-corrected chi connectivity index (χ0v) is 42.2. The van der Waals surface area contributed by atoms with Gasteiger partial charge in [-0.15, -0.1) is 32.9 Å². The van der Waals surface area contributed by atoms with Crippen LogP contribution in [0.1, 0.15) is 97.1 Å². The van der Waals surface area contributed by atoms with Crippen molar-refractivity contribution in [1.82, 2.24) is 45.1 Å². The van der Waals surface area contributed by atoms with Crippen LogP contribution in [0.25, 0.3) is 37.5 Å². The van der Waals surface area contributed by atoms with Gasteiger partial charge in [0.1, 0.15) is 35.5 Å². The first kappa shape index (κ1) is 48.1. The lowest BCUT2D eigenvalue weighted by atomic mass is 9.85. The molecule has 4 aromatic heterocycles. The third-order valence-electron chi connectivity index (χ3n) is 13.3. The fourth-order valence-electron chi connectivity index (χ4n) is 9.37. The molecule has 5 atom stereocenters. The zero-order chi connectivity index (χ0) is 49.8. The molecule has 0 spiro atoms. The van der Waals surface area contributed by atoms with Crippen LogP contribution in [0.5, 0.6) is 0 Å². The first-order valence-electron chi connectivity index (χ1n) is 23.2. The normalized spacial score (nSPS) is 17.6. The van der Waals surface area contributed by atoms with Crippen molar-refractivity contribution < 1.29 is 29.0 Å². The topological polar surface area (TPSA) is 199 Å². The van der Waals surface area contributed by atoms with Gasteiger partial charge < -0.3 is 25.4 Å². The number of thiophene rings is 1. The van der Waals surface area contributed by atoms with E-state index in [1.54, 1.807) is 27.4 Å². The molecule has 0 bridgehead atoms. The Bertz CT molecular complexity index is 3180. The number of ether oxygens (including phenoxy) is 1. The Morgan fingerprint density at radius 3 is 2.33 bits per heavy atom. The van der Waals surface area contributed by atoms with Gasteiger partial charge in [0.05, 0.1) is 53.0 Å². The van der Waals surface area contributed by atoms with E-state index >= 15 is 0 Å². The molecule has 362 valence electrons. The van der Waals surface area contributed by atoms with Crippen molar-refractivity contribution in [3.05, 3.63) is 123 Å². The first-order chi connectivity index (χ1) is 33.4. The monoisotopic (exact) mass is 980 g/mol. The van der Waals surface area contributed by atoms with Crippen LogP contribution in [0.15, 0.2) is 83.4 Å². The number of β-amino-alcohol motifs (C(OH)–C–C–N with tert-alkyl or cyclic N) is 1. The van der Waals surface area contributed by atoms with Gasteiger partial charge in [0.25, 0.3) is 0 Å². The second kappa shape index (κ2) is 19.1. The molecule has 6 heterocycles. The summed E-state index contributed by atoms with van der Waals surface area (Å²) >= 11 is 3.22. The van der Waals surface area contributed by atoms with Crippen molar-refractivity contribution in [2.24, 2.45) is 10.4 Å². The Hall–Kier alpha value is -6.89. The average Bonchev–Trinajstić information content (AvgIpc) is 4.17. The number of hydrogen-bond acceptors (Lipinski definition) is 13. The molecule has 9 rings (SSSR count). The Morgan fingerprint density at radius 1 is 0.929 bits per heavy atom. The lowest BCUT2D eigenvalue weighted by Gasteiger charge is -2.35. The summed E-state index contributed by atoms with van der Waals surface area (Å²) in [6, 6.07) is 19.0. The van der Waals surface area contributed by atoms with E-state index in [4.69, 9.17) is 14.8 Å². The molecule has 1 fully saturated rings. The van der Waals surface area contributed by atoms with Crippen molar-refractivity contribution in [3.63, 3.8) is 0 Å². The number of aromatic nitrogens is 6. The molecular formula is C52H56N10O6S2. The number of amides is 3. The minimum absolute atomic E-state index is 0.00767. The smallest absolute Gasteiger partial charge is 0.308 e. The van der Waals surface area contributed by atoms with Gasteiger partial charge >= 0.3 is 5.97 Å². The molecule has 3 aromatic carbocycles. The first-order valence-corrected chi connectivity index (χ1v) is 24.9. The number of benzene rings is 3. The summed E-state index contributed by atoms with van der Waals surface area (Å²) in [6.07, 6.45) is 1.01. The number of nitrogens with zero attached hydrogens (tertiary/aromatic N) is 8. The van der Waals surface area contributed by atoms with Crippen LogP contribution in [0, 0.1) is 33.1 Å². The van der Waals surface area contributed by atoms with Crippen LogP contribution in [0.4, 0.5) is 0 Å². The minimum atomic E-state index is -1.01. The van der Waals surface area contributed by atoms with E-state index in [1.807, 2.05) is 125 Å². The summed E-state index contributed by atoms with van der Waals surface area (Å²) in [5.74, 6) is -0.360. The molecule has 18 heteroatoms. The molecule has 0 radical (unpaired) electrons. The Balaban J connectivity index is 0.909. The summed E-state index contributed by atoms with van der Waals surface area (Å²) in [4.78, 5) is 68.0. The lowest BCUT2D eigenvalue weighted by molar-refractivity contribution is -0.144. The van der Waals surface area contributed by atoms with Crippen molar-refractivity contribution in [2.75, 3.05) is 13.7 Å². The van der Waals surface area contributed by atoms with E-state index in [0.717, 1.165) is 70.5 Å². The molecule has 70 heavy (non-hydrogen) atoms. The summed E-state index contributed by atoms with van der Waals surface area (Å²) < 4.78 is 8.62. The number of aliphatic imine (C=N–C) groups is 1. The van der Waals surface area contributed by atoms with Gasteiger partial charge in [-0.1, -0.05) is 81.4 Å². The third kappa shape index (κ3) is 9.30. The molecule has 2 aliphatic rings. The largest absolute Gasteiger partial charge is 0.469 e. The number of aliphatic hydroxyl groups is 1. The lowest BCUT2D eigenvalue weighted by Crippen LogP contribution is -2.58. The number of fused-ring (bicyclic) bond motifs is 4. The van der Waals surface area contributed by atoms with Gasteiger partial charge in [-0.25, -0.2) is 4.98 Å². The van der Waals surface area contributed by atoms with Crippen molar-refractivity contribution in [1.29, 1.82) is 0 Å². The number of aryl methyl sites for hydroxylation is 3. The number of esters is 1. The summed E-state index contributed by atoms with van der Waals surface area (Å²) in [5, 5.41) is 32.2. The summed E-state index contributed by atoms with van der Waals surface area (Å²) in [7, 11) is 1.36. The number of aliphatic hydroxyl groups excluding tert-OH is 1. The maximum atomic E-state index is 14.4. The van der Waals surface area contributed by atoms with Crippen molar-refractivity contribution in [2.45, 2.75) is 105 Å². The molecule has 0 aliphatic carbocycles. The summed E-state index contributed by atoms with van der Waals surface area (Å²) in [6.45, 7) is 15.3. The van der Waals surface area contributed by atoms with E-state index in [9.17, 15) is 24.3 Å². The van der Waals surface area contributed by atoms with E-state index in [-0.39, 0.29) is 37.9 Å². The van der Waals surface area contributed by atoms with Gasteiger partial charge in [-0.2, -0.15) is 5.10 Å². The van der Waals surface area contributed by atoms with Crippen LogP contribution < -0.4 is 10.6 Å². The van der Waals surface area contributed by atoms with E-state index < -0.39 is 47.4 Å². The molecule has 3 N–H and O–H groups in total. The van der Waals surface area contributed by atoms with Crippen LogP contribution >= 0.6 is 22.7 Å². The molecule has 3 amide bonds. The highest BCUT2D eigenvalue weighted by atomic mass is 32.1. The molecule has 1 saturated heterocycles. The maximum Gasteiger partial charge on any atom is 0.308 e. The van der Waals surface area contributed by atoms with Crippen LogP contribution in [-0.2, 0) is 30.5 Å². The quantitative estimate of drug-likeness (QED) is 0.103. The molecule has 1 unspecified atom stereocenters. The molecular weight excluding hydrogens is 925 g/mol. The van der Waals surface area contributed by atoms with Gasteiger partial charge in [0.15, 0.2) is 5.82 Å². The van der Waals surface area contributed by atoms with Crippen molar-refractivity contribution >= 4 is 63.0 Å². The number of methoxy groups -OCH3 is 1. The molecule has 2 aliphatic heterocycles. The summed E-state index contributed by atoms with van der Waals surface area (Å²) in [5.41, 5.74) is 10.2. The number of nitrogens with one attached hydrogen (secondary N) is 2. The zero-order valence-electron chi connectivity index (χ0n) is 40.6. The predicted octanol–water partition coefficient (Wildman–Crippen LogP) is 7.53. The van der Waals surface area contributed by atoms with Crippen LogP contribution in [0.3, 0.4) is 0 Å². The van der Waals surface area contributed by atoms with E-state index in [2.05, 4.69) is 39.7 Å². The number of carbonyl (C=O) groups excluding carboxylic acids is 4. The highest BCUT2D eigenvalue weighted by molar-refractivity contribution is 7.15. The Labute approximate surface area is 413 Å². The standard InChI is InChI=1S/C52H56N10O6S2/c1-27-30(4)70-51-44(27)45(55-40(22-43(65)68-9)48-58-57-31(5)62(48)51)34-17-15-33(16-18-34)37-11-10-12-39-38(37)24-60(59-39)25-42(64)56-47(52(6,7)8)50(67)61-23-36(63)21-41(61)49(66)54-28(2)32-13-19-35(20-14-32)46-29(3)53-26-69-46/h10-20,24,26,28,36,40-41,47,63H,21-23,25H2,1-9H3,(H,54,66)(H,56,64)/t28-,36+,40-,41-,47?/m0/s1.